The summed E-state index contributed by atoms with van der Waals surface area (Å²) < 4.78 is 17.1. The van der Waals surface area contributed by atoms with Crippen LogP contribution in [0.1, 0.15) is 51.3 Å². The summed E-state index contributed by atoms with van der Waals surface area (Å²) in [4.78, 5) is 4.45. The molecule has 0 saturated heterocycles. The highest BCUT2D eigenvalue weighted by atomic mass is 16.7. The molecular weight excluding hydrogens is 278 g/mol. The molecule has 4 heteroatoms. The van der Waals surface area contributed by atoms with Crippen LogP contribution >= 0.6 is 0 Å². The Morgan fingerprint density at radius 3 is 2.45 bits per heavy atom. The van der Waals surface area contributed by atoms with Gasteiger partial charge < -0.3 is 14.2 Å². The first-order valence-electron chi connectivity index (χ1n) is 7.86. The fourth-order valence-corrected chi connectivity index (χ4v) is 2.42. The summed E-state index contributed by atoms with van der Waals surface area (Å²) in [5, 5.41) is 0. The van der Waals surface area contributed by atoms with Crippen molar-refractivity contribution < 1.29 is 14.2 Å². The number of hydrogen-bond donors (Lipinski definition) is 0. The van der Waals surface area contributed by atoms with Gasteiger partial charge >= 0.3 is 0 Å². The maximum Gasteiger partial charge on any atom is 0.180 e. The maximum absolute atomic E-state index is 6.05. The molecule has 0 aliphatic heterocycles. The average Bonchev–Trinajstić information content (AvgIpc) is 2.47. The van der Waals surface area contributed by atoms with Gasteiger partial charge in [0.05, 0.1) is 0 Å². The van der Waals surface area contributed by atoms with Crippen LogP contribution in [0.4, 0.5) is 0 Å². The molecule has 0 aliphatic carbocycles. The van der Waals surface area contributed by atoms with E-state index in [9.17, 15) is 0 Å². The van der Waals surface area contributed by atoms with E-state index in [1.54, 1.807) is 7.11 Å². The van der Waals surface area contributed by atoms with Crippen LogP contribution in [0.15, 0.2) is 29.3 Å². The summed E-state index contributed by atoms with van der Waals surface area (Å²) in [5.74, 6) is 0.696. The third-order valence-corrected chi connectivity index (χ3v) is 3.36. The number of benzene rings is 1. The van der Waals surface area contributed by atoms with E-state index in [2.05, 4.69) is 31.0 Å². The van der Waals surface area contributed by atoms with E-state index in [0.29, 0.717) is 5.90 Å². The Bertz CT molecular complexity index is 471. The minimum atomic E-state index is -0.177. The van der Waals surface area contributed by atoms with Gasteiger partial charge in [-0.2, -0.15) is 0 Å². The van der Waals surface area contributed by atoms with Crippen molar-refractivity contribution in [3.05, 3.63) is 35.4 Å². The van der Waals surface area contributed by atoms with Crippen molar-refractivity contribution in [1.29, 1.82) is 0 Å². The van der Waals surface area contributed by atoms with Crippen molar-refractivity contribution in [3.63, 3.8) is 0 Å². The van der Waals surface area contributed by atoms with Crippen LogP contribution in [0, 0.1) is 6.92 Å². The summed E-state index contributed by atoms with van der Waals surface area (Å²) in [6, 6.07) is 8.43. The number of aliphatic imine (C=N–C) groups is 1. The molecule has 4 nitrogen and oxygen atoms in total. The number of methoxy groups -OCH3 is 1. The van der Waals surface area contributed by atoms with Crippen LogP contribution in [-0.2, 0) is 14.2 Å². The number of nitrogens with zero attached hydrogens (tertiary/aromatic N) is 1. The molecule has 2 unspecified atom stereocenters. The molecule has 0 spiro atoms. The topological polar surface area (TPSA) is 40.0 Å². The molecule has 0 aliphatic rings. The van der Waals surface area contributed by atoms with E-state index >= 15 is 0 Å². The number of ether oxygens (including phenoxy) is 3. The Hall–Kier alpha value is -1.39. The predicted molar refractivity (Wildman–Crippen MR) is 90.3 cm³/mol. The van der Waals surface area contributed by atoms with Crippen LogP contribution in [0.25, 0.3) is 0 Å². The number of rotatable bonds is 8. The van der Waals surface area contributed by atoms with E-state index in [-0.39, 0.29) is 25.0 Å². The fourth-order valence-electron chi connectivity index (χ4n) is 2.42. The average molecular weight is 307 g/mol. The van der Waals surface area contributed by atoms with Crippen LogP contribution < -0.4 is 0 Å². The maximum atomic E-state index is 6.05. The quantitative estimate of drug-likeness (QED) is 0.409. The Balaban J connectivity index is 3.00. The van der Waals surface area contributed by atoms with Gasteiger partial charge in [-0.15, -0.1) is 0 Å². The molecule has 0 fully saturated rings. The van der Waals surface area contributed by atoms with Gasteiger partial charge in [0, 0.05) is 20.1 Å². The van der Waals surface area contributed by atoms with Gasteiger partial charge in [-0.1, -0.05) is 31.2 Å². The van der Waals surface area contributed by atoms with Gasteiger partial charge in [-0.25, -0.2) is 0 Å². The largest absolute Gasteiger partial charge is 0.475 e. The monoisotopic (exact) mass is 307 g/mol. The van der Waals surface area contributed by atoms with Gasteiger partial charge in [0.2, 0.25) is 0 Å². The standard InChI is InChI=1S/C18H29NO3/c1-7-17(22-15(5)19-13(2)3)18(21-12-20-6)16-11-9-8-10-14(16)4/h8-11,13,17-18H,7,12H2,1-6H3. The first kappa shape index (κ1) is 18.7. The molecule has 124 valence electrons. The van der Waals surface area contributed by atoms with Crippen LogP contribution in [0.3, 0.4) is 0 Å². The van der Waals surface area contributed by atoms with E-state index in [0.717, 1.165) is 12.0 Å². The molecule has 0 heterocycles. The Labute approximate surface area is 134 Å². The highest BCUT2D eigenvalue weighted by molar-refractivity contribution is 5.73. The van der Waals surface area contributed by atoms with Gasteiger partial charge in [0.15, 0.2) is 5.90 Å². The van der Waals surface area contributed by atoms with Gasteiger partial charge in [0.1, 0.15) is 19.0 Å². The Morgan fingerprint density at radius 2 is 1.91 bits per heavy atom. The number of hydrogen-bond acceptors (Lipinski definition) is 4. The van der Waals surface area contributed by atoms with Crippen molar-refractivity contribution in [2.75, 3.05) is 13.9 Å². The van der Waals surface area contributed by atoms with Crippen LogP contribution in [-0.4, -0.2) is 31.9 Å². The second-order valence-corrected chi connectivity index (χ2v) is 5.66. The third-order valence-electron chi connectivity index (χ3n) is 3.36. The summed E-state index contributed by atoms with van der Waals surface area (Å²) in [6.45, 7) is 10.4. The van der Waals surface area contributed by atoms with Gasteiger partial charge in [0.25, 0.3) is 0 Å². The first-order valence-corrected chi connectivity index (χ1v) is 7.86. The molecule has 0 N–H and O–H groups in total. The number of aryl methyl sites for hydroxylation is 1. The fraction of sp³-hybridized carbons (Fsp3) is 0.611. The lowest BCUT2D eigenvalue weighted by Crippen LogP contribution is -2.27. The molecule has 2 atom stereocenters. The lowest BCUT2D eigenvalue weighted by Gasteiger charge is -2.28. The van der Waals surface area contributed by atoms with Crippen molar-refractivity contribution in [3.8, 4) is 0 Å². The summed E-state index contributed by atoms with van der Waals surface area (Å²) in [7, 11) is 1.63. The zero-order valence-corrected chi connectivity index (χ0v) is 14.6. The van der Waals surface area contributed by atoms with Crippen molar-refractivity contribution >= 4 is 5.90 Å². The van der Waals surface area contributed by atoms with Gasteiger partial charge in [-0.05, 0) is 38.3 Å². The SMILES string of the molecule is CCC(OC(C)=NC(C)C)C(OCOC)c1ccccc1C. The molecule has 1 aromatic rings. The lowest BCUT2D eigenvalue weighted by atomic mass is 9.98. The molecule has 1 aromatic carbocycles. The van der Waals surface area contributed by atoms with E-state index in [1.165, 1.54) is 5.56 Å². The van der Waals surface area contributed by atoms with Crippen molar-refractivity contribution in [2.45, 2.75) is 59.3 Å². The van der Waals surface area contributed by atoms with Crippen molar-refractivity contribution in [2.24, 2.45) is 4.99 Å². The summed E-state index contributed by atoms with van der Waals surface area (Å²) in [5.41, 5.74) is 2.31. The third kappa shape index (κ3) is 5.78. The Kier molecular flexibility index (Phi) is 8.13. The summed E-state index contributed by atoms with van der Waals surface area (Å²) in [6.07, 6.45) is 0.551. The normalized spacial score (nSPS) is 15.0. The molecule has 0 aromatic heterocycles. The first-order chi connectivity index (χ1) is 10.5. The highest BCUT2D eigenvalue weighted by Crippen LogP contribution is 2.28. The molecule has 0 radical (unpaired) electrons. The second-order valence-electron chi connectivity index (χ2n) is 5.66. The van der Waals surface area contributed by atoms with E-state index < -0.39 is 0 Å². The smallest absolute Gasteiger partial charge is 0.180 e. The Morgan fingerprint density at radius 1 is 1.23 bits per heavy atom. The molecule has 22 heavy (non-hydrogen) atoms. The summed E-state index contributed by atoms with van der Waals surface area (Å²) >= 11 is 0. The van der Waals surface area contributed by atoms with E-state index in [4.69, 9.17) is 14.2 Å². The molecular formula is C18H29NO3. The lowest BCUT2D eigenvalue weighted by molar-refractivity contribution is -0.112. The molecule has 1 rings (SSSR count). The minimum absolute atomic E-state index is 0.0984. The van der Waals surface area contributed by atoms with Gasteiger partial charge in [-0.3, -0.25) is 4.99 Å². The highest BCUT2D eigenvalue weighted by Gasteiger charge is 2.26. The van der Waals surface area contributed by atoms with Crippen LogP contribution in [0.2, 0.25) is 0 Å². The van der Waals surface area contributed by atoms with Crippen molar-refractivity contribution in [1.82, 2.24) is 0 Å². The molecule has 0 saturated carbocycles. The second kappa shape index (κ2) is 9.59. The predicted octanol–water partition coefficient (Wildman–Crippen LogP) is 4.28. The molecule has 0 bridgehead atoms. The van der Waals surface area contributed by atoms with E-state index in [1.807, 2.05) is 32.9 Å². The zero-order valence-electron chi connectivity index (χ0n) is 14.6. The zero-order chi connectivity index (χ0) is 16.5. The van der Waals surface area contributed by atoms with Crippen LogP contribution in [0.5, 0.6) is 0 Å². The molecule has 0 amide bonds. The minimum Gasteiger partial charge on any atom is -0.475 e.